The molecule has 0 saturated heterocycles. The van der Waals surface area contributed by atoms with Crippen molar-refractivity contribution < 1.29 is 19.5 Å². The lowest BCUT2D eigenvalue weighted by Gasteiger charge is -2.20. The van der Waals surface area contributed by atoms with E-state index >= 15 is 0 Å². The molecule has 23 heavy (non-hydrogen) atoms. The van der Waals surface area contributed by atoms with Crippen molar-refractivity contribution in [3.8, 4) is 0 Å². The van der Waals surface area contributed by atoms with E-state index in [1.54, 1.807) is 24.3 Å². The molecule has 0 heterocycles. The number of hydrogen-bond donors (Lipinski definition) is 3. The first kappa shape index (κ1) is 16.8. The van der Waals surface area contributed by atoms with Gasteiger partial charge in [0.25, 0.3) is 5.91 Å². The van der Waals surface area contributed by atoms with E-state index in [1.807, 2.05) is 0 Å². The molecule has 1 aromatic rings. The molecule has 0 radical (unpaired) electrons. The van der Waals surface area contributed by atoms with E-state index in [0.29, 0.717) is 11.3 Å². The minimum Gasteiger partial charge on any atom is -0.481 e. The molecular weight excluding hydrogens is 298 g/mol. The van der Waals surface area contributed by atoms with Gasteiger partial charge in [-0.3, -0.25) is 9.59 Å². The van der Waals surface area contributed by atoms with Crippen LogP contribution >= 0.6 is 0 Å². The number of benzene rings is 1. The van der Waals surface area contributed by atoms with Crippen LogP contribution in [0.5, 0.6) is 0 Å². The first-order valence-electron chi connectivity index (χ1n) is 7.52. The minimum atomic E-state index is -0.955. The Hall–Kier alpha value is -2.57. The molecule has 0 aromatic heterocycles. The molecule has 1 aliphatic carbocycles. The van der Waals surface area contributed by atoms with Crippen LogP contribution in [0, 0.1) is 5.92 Å². The summed E-state index contributed by atoms with van der Waals surface area (Å²) < 4.78 is 0. The molecule has 3 N–H and O–H groups in total. The van der Waals surface area contributed by atoms with Gasteiger partial charge in [-0.15, -0.1) is 0 Å². The number of carboxylic acids is 1. The van der Waals surface area contributed by atoms with Crippen molar-refractivity contribution in [1.82, 2.24) is 10.2 Å². The lowest BCUT2D eigenvalue weighted by molar-refractivity contribution is -0.141. The van der Waals surface area contributed by atoms with Crippen LogP contribution in [-0.2, 0) is 4.79 Å². The lowest BCUT2D eigenvalue weighted by atomic mass is 10.2. The average molecular weight is 319 g/mol. The summed E-state index contributed by atoms with van der Waals surface area (Å²) in [6, 6.07) is 6.51. The van der Waals surface area contributed by atoms with Crippen LogP contribution in [0.4, 0.5) is 10.5 Å². The maximum absolute atomic E-state index is 12.1. The fourth-order valence-electron chi connectivity index (χ4n) is 2.03. The van der Waals surface area contributed by atoms with Crippen LogP contribution in [-0.4, -0.2) is 47.5 Å². The SMILES string of the molecule is CC(CN(C)C(=O)Nc1cccc(C(=O)NC2CC2)c1)C(=O)O. The van der Waals surface area contributed by atoms with Gasteiger partial charge in [0.2, 0.25) is 0 Å². The quantitative estimate of drug-likeness (QED) is 0.744. The van der Waals surface area contributed by atoms with Crippen molar-refractivity contribution in [2.45, 2.75) is 25.8 Å². The molecule has 2 rings (SSSR count). The number of rotatable bonds is 6. The van der Waals surface area contributed by atoms with E-state index in [4.69, 9.17) is 5.11 Å². The summed E-state index contributed by atoms with van der Waals surface area (Å²) in [4.78, 5) is 36.2. The molecule has 0 bridgehead atoms. The summed E-state index contributed by atoms with van der Waals surface area (Å²) in [5.41, 5.74) is 0.976. The normalized spacial score (nSPS) is 14.7. The van der Waals surface area contributed by atoms with Crippen molar-refractivity contribution in [3.63, 3.8) is 0 Å². The van der Waals surface area contributed by atoms with Crippen LogP contribution in [0.1, 0.15) is 30.1 Å². The molecule has 1 aliphatic rings. The molecule has 1 atom stereocenters. The molecule has 0 spiro atoms. The van der Waals surface area contributed by atoms with Gasteiger partial charge in [0, 0.05) is 30.9 Å². The van der Waals surface area contributed by atoms with Gasteiger partial charge in [-0.1, -0.05) is 13.0 Å². The van der Waals surface area contributed by atoms with Crippen LogP contribution in [0.15, 0.2) is 24.3 Å². The fourth-order valence-corrected chi connectivity index (χ4v) is 2.03. The number of nitrogens with zero attached hydrogens (tertiary/aromatic N) is 1. The number of carbonyl (C=O) groups is 3. The van der Waals surface area contributed by atoms with Crippen LogP contribution in [0.25, 0.3) is 0 Å². The number of carboxylic acid groups (broad SMARTS) is 1. The highest BCUT2D eigenvalue weighted by atomic mass is 16.4. The second-order valence-corrected chi connectivity index (χ2v) is 5.88. The molecule has 124 valence electrons. The first-order chi connectivity index (χ1) is 10.9. The monoisotopic (exact) mass is 319 g/mol. The topological polar surface area (TPSA) is 98.7 Å². The van der Waals surface area contributed by atoms with E-state index in [0.717, 1.165) is 12.8 Å². The summed E-state index contributed by atoms with van der Waals surface area (Å²) >= 11 is 0. The largest absolute Gasteiger partial charge is 0.481 e. The van der Waals surface area contributed by atoms with Crippen LogP contribution in [0.3, 0.4) is 0 Å². The number of aliphatic carboxylic acids is 1. The third-order valence-electron chi connectivity index (χ3n) is 3.60. The molecule has 1 fully saturated rings. The zero-order chi connectivity index (χ0) is 17.0. The number of hydrogen-bond acceptors (Lipinski definition) is 3. The highest BCUT2D eigenvalue weighted by Crippen LogP contribution is 2.20. The van der Waals surface area contributed by atoms with Crippen molar-refractivity contribution in [2.24, 2.45) is 5.92 Å². The lowest BCUT2D eigenvalue weighted by Crippen LogP contribution is -2.36. The second kappa shape index (κ2) is 7.13. The molecule has 1 unspecified atom stereocenters. The molecule has 7 nitrogen and oxygen atoms in total. The number of urea groups is 1. The Morgan fingerprint density at radius 3 is 2.65 bits per heavy atom. The summed E-state index contributed by atoms with van der Waals surface area (Å²) in [6.07, 6.45) is 2.02. The van der Waals surface area contributed by atoms with Crippen molar-refractivity contribution >= 4 is 23.6 Å². The summed E-state index contributed by atoms with van der Waals surface area (Å²) in [6.45, 7) is 1.64. The minimum absolute atomic E-state index is 0.100. The third kappa shape index (κ3) is 4.98. The molecule has 0 aliphatic heterocycles. The predicted octanol–water partition coefficient (Wildman–Crippen LogP) is 1.76. The van der Waals surface area contributed by atoms with Gasteiger partial charge in [0.1, 0.15) is 0 Å². The molecule has 1 saturated carbocycles. The molecule has 3 amide bonds. The van der Waals surface area contributed by atoms with E-state index < -0.39 is 17.9 Å². The van der Waals surface area contributed by atoms with Crippen molar-refractivity contribution in [3.05, 3.63) is 29.8 Å². The summed E-state index contributed by atoms with van der Waals surface area (Å²) in [7, 11) is 1.53. The van der Waals surface area contributed by atoms with Crippen LogP contribution in [0.2, 0.25) is 0 Å². The Bertz CT molecular complexity index is 613. The number of anilines is 1. The van der Waals surface area contributed by atoms with E-state index in [-0.39, 0.29) is 18.5 Å². The maximum atomic E-state index is 12.1. The Kier molecular flexibility index (Phi) is 5.20. The Balaban J connectivity index is 1.94. The van der Waals surface area contributed by atoms with Gasteiger partial charge < -0.3 is 20.6 Å². The van der Waals surface area contributed by atoms with E-state index in [9.17, 15) is 14.4 Å². The Labute approximate surface area is 134 Å². The molecule has 7 heteroatoms. The van der Waals surface area contributed by atoms with Gasteiger partial charge in [0.05, 0.1) is 5.92 Å². The second-order valence-electron chi connectivity index (χ2n) is 5.88. The van der Waals surface area contributed by atoms with E-state index in [2.05, 4.69) is 10.6 Å². The summed E-state index contributed by atoms with van der Waals surface area (Å²) in [5, 5.41) is 14.4. The predicted molar refractivity (Wildman–Crippen MR) is 85.4 cm³/mol. The van der Waals surface area contributed by atoms with Gasteiger partial charge in [0.15, 0.2) is 0 Å². The zero-order valence-corrected chi connectivity index (χ0v) is 13.2. The van der Waals surface area contributed by atoms with Crippen molar-refractivity contribution in [1.29, 1.82) is 0 Å². The van der Waals surface area contributed by atoms with Gasteiger partial charge >= 0.3 is 12.0 Å². The Morgan fingerprint density at radius 2 is 2.04 bits per heavy atom. The number of carbonyl (C=O) groups excluding carboxylic acids is 2. The number of nitrogens with one attached hydrogen (secondary N) is 2. The van der Waals surface area contributed by atoms with E-state index in [1.165, 1.54) is 18.9 Å². The highest BCUT2D eigenvalue weighted by Gasteiger charge is 2.24. The van der Waals surface area contributed by atoms with Gasteiger partial charge in [-0.2, -0.15) is 0 Å². The van der Waals surface area contributed by atoms with Crippen LogP contribution < -0.4 is 10.6 Å². The fraction of sp³-hybridized carbons (Fsp3) is 0.438. The standard InChI is InChI=1S/C16H21N3O4/c1-10(15(21)22)9-19(2)16(23)18-13-5-3-4-11(8-13)14(20)17-12-6-7-12/h3-5,8,10,12H,6-7,9H2,1-2H3,(H,17,20)(H,18,23)(H,21,22). The molecule has 1 aromatic carbocycles. The Morgan fingerprint density at radius 1 is 1.35 bits per heavy atom. The third-order valence-corrected chi connectivity index (χ3v) is 3.60. The highest BCUT2D eigenvalue weighted by molar-refractivity contribution is 5.97. The van der Waals surface area contributed by atoms with Crippen molar-refractivity contribution in [2.75, 3.05) is 18.9 Å². The summed E-state index contributed by atoms with van der Waals surface area (Å²) in [5.74, 6) is -1.76. The number of amides is 3. The smallest absolute Gasteiger partial charge is 0.321 e. The molecular formula is C16H21N3O4. The maximum Gasteiger partial charge on any atom is 0.321 e. The van der Waals surface area contributed by atoms with Gasteiger partial charge in [-0.05, 0) is 31.0 Å². The average Bonchev–Trinajstić information content (AvgIpc) is 3.31. The first-order valence-corrected chi connectivity index (χ1v) is 7.52. The van der Waals surface area contributed by atoms with Gasteiger partial charge in [-0.25, -0.2) is 4.79 Å². The zero-order valence-electron chi connectivity index (χ0n) is 13.2.